The zero-order valence-corrected chi connectivity index (χ0v) is 11.2. The van der Waals surface area contributed by atoms with Gasteiger partial charge >= 0.3 is 0 Å². The molecule has 1 aliphatic rings. The third kappa shape index (κ3) is 1.97. The third-order valence-electron chi connectivity index (χ3n) is 2.44. The van der Waals surface area contributed by atoms with Crippen molar-refractivity contribution in [3.05, 3.63) is 28.8 Å². The third-order valence-corrected chi connectivity index (χ3v) is 4.26. The molecule has 16 heavy (non-hydrogen) atoms. The number of benzene rings is 1. The SMILES string of the molecule is Cc1ccc(N2C(=O)[C@H](C)SC2=S)cc1Cl. The van der Waals surface area contributed by atoms with Crippen molar-refractivity contribution in [1.29, 1.82) is 0 Å². The van der Waals surface area contributed by atoms with Crippen molar-refractivity contribution in [2.45, 2.75) is 19.1 Å². The predicted octanol–water partition coefficient (Wildman–Crippen LogP) is 3.40. The second kappa shape index (κ2) is 4.35. The normalized spacial score (nSPS) is 20.7. The minimum absolute atomic E-state index is 0.0231. The second-order valence-electron chi connectivity index (χ2n) is 3.63. The highest BCUT2D eigenvalue weighted by Crippen LogP contribution is 2.33. The standard InChI is InChI=1S/C11H10ClNOS2/c1-6-3-4-8(5-9(6)12)13-10(14)7(2)16-11(13)15/h3-5,7H,1-2H3/t7-/m0/s1. The number of aryl methyl sites for hydroxylation is 1. The molecule has 5 heteroatoms. The molecule has 1 fully saturated rings. The lowest BCUT2D eigenvalue weighted by molar-refractivity contribution is -0.116. The number of anilines is 1. The number of carbonyl (C=O) groups is 1. The lowest BCUT2D eigenvalue weighted by atomic mass is 10.2. The van der Waals surface area contributed by atoms with Crippen molar-refractivity contribution >= 4 is 51.5 Å². The lowest BCUT2D eigenvalue weighted by Crippen LogP contribution is -2.30. The molecule has 0 radical (unpaired) electrons. The molecule has 1 aliphatic heterocycles. The molecule has 0 bridgehead atoms. The number of amides is 1. The molecule has 84 valence electrons. The van der Waals surface area contributed by atoms with Gasteiger partial charge in [-0.05, 0) is 31.5 Å². The molecule has 1 aromatic rings. The zero-order chi connectivity index (χ0) is 11.9. The molecule has 1 aromatic carbocycles. The summed E-state index contributed by atoms with van der Waals surface area (Å²) in [6.45, 7) is 3.78. The fourth-order valence-electron chi connectivity index (χ4n) is 1.48. The van der Waals surface area contributed by atoms with Gasteiger partial charge in [0.05, 0.1) is 10.9 Å². The second-order valence-corrected chi connectivity index (χ2v) is 6.01. The molecule has 0 spiro atoms. The number of hydrogen-bond acceptors (Lipinski definition) is 3. The highest BCUT2D eigenvalue weighted by molar-refractivity contribution is 8.25. The molecule has 0 aromatic heterocycles. The molecule has 1 atom stereocenters. The van der Waals surface area contributed by atoms with E-state index in [1.807, 2.05) is 26.0 Å². The molecule has 2 nitrogen and oxygen atoms in total. The van der Waals surface area contributed by atoms with Crippen LogP contribution in [0.2, 0.25) is 5.02 Å². The van der Waals surface area contributed by atoms with Crippen molar-refractivity contribution in [2.24, 2.45) is 0 Å². The number of nitrogens with zero attached hydrogens (tertiary/aromatic N) is 1. The van der Waals surface area contributed by atoms with Gasteiger partial charge in [0.2, 0.25) is 5.91 Å². The van der Waals surface area contributed by atoms with Crippen LogP contribution in [0.3, 0.4) is 0 Å². The quantitative estimate of drug-likeness (QED) is 0.730. The van der Waals surface area contributed by atoms with Gasteiger partial charge in [-0.2, -0.15) is 0 Å². The van der Waals surface area contributed by atoms with Crippen molar-refractivity contribution in [3.63, 3.8) is 0 Å². The van der Waals surface area contributed by atoms with E-state index in [2.05, 4.69) is 0 Å². The fourth-order valence-corrected chi connectivity index (χ4v) is 3.09. The average molecular weight is 272 g/mol. The van der Waals surface area contributed by atoms with Gasteiger partial charge in [0.25, 0.3) is 0 Å². The van der Waals surface area contributed by atoms with Crippen molar-refractivity contribution in [1.82, 2.24) is 0 Å². The van der Waals surface area contributed by atoms with Crippen LogP contribution in [0, 0.1) is 6.92 Å². The van der Waals surface area contributed by atoms with E-state index < -0.39 is 0 Å². The maximum absolute atomic E-state index is 11.9. The van der Waals surface area contributed by atoms with Crippen LogP contribution < -0.4 is 4.90 Å². The number of hydrogen-bond donors (Lipinski definition) is 0. The van der Waals surface area contributed by atoms with E-state index in [1.165, 1.54) is 11.8 Å². The monoisotopic (exact) mass is 271 g/mol. The molecular weight excluding hydrogens is 262 g/mol. The Morgan fingerprint density at radius 2 is 2.19 bits per heavy atom. The average Bonchev–Trinajstić information content (AvgIpc) is 2.47. The Balaban J connectivity index is 2.41. The van der Waals surface area contributed by atoms with Crippen molar-refractivity contribution in [2.75, 3.05) is 4.90 Å². The van der Waals surface area contributed by atoms with Gasteiger partial charge in [0.15, 0.2) is 0 Å². The summed E-state index contributed by atoms with van der Waals surface area (Å²) in [5, 5.41) is 0.547. The molecule has 2 rings (SSSR count). The van der Waals surface area contributed by atoms with E-state index in [0.717, 1.165) is 11.3 Å². The number of thioether (sulfide) groups is 1. The number of halogens is 1. The first-order chi connectivity index (χ1) is 7.50. The van der Waals surface area contributed by atoms with Gasteiger partial charge in [-0.15, -0.1) is 0 Å². The maximum atomic E-state index is 11.9. The van der Waals surface area contributed by atoms with Crippen LogP contribution in [-0.2, 0) is 4.79 Å². The first-order valence-electron chi connectivity index (χ1n) is 4.81. The van der Waals surface area contributed by atoms with Gasteiger partial charge in [-0.3, -0.25) is 9.69 Å². The maximum Gasteiger partial charge on any atom is 0.245 e. The van der Waals surface area contributed by atoms with E-state index in [4.69, 9.17) is 23.8 Å². The minimum Gasteiger partial charge on any atom is -0.273 e. The molecular formula is C11H10ClNOS2. The molecule has 0 saturated carbocycles. The molecule has 1 heterocycles. The summed E-state index contributed by atoms with van der Waals surface area (Å²) in [4.78, 5) is 13.4. The summed E-state index contributed by atoms with van der Waals surface area (Å²) in [7, 11) is 0. The zero-order valence-electron chi connectivity index (χ0n) is 8.86. The Kier molecular flexibility index (Phi) is 3.24. The predicted molar refractivity (Wildman–Crippen MR) is 73.3 cm³/mol. The number of thiocarbonyl (C=S) groups is 1. The Hall–Kier alpha value is -0.580. The molecule has 0 unspecified atom stereocenters. The van der Waals surface area contributed by atoms with Crippen LogP contribution in [0.15, 0.2) is 18.2 Å². The molecule has 0 aliphatic carbocycles. The van der Waals surface area contributed by atoms with Crippen LogP contribution in [0.25, 0.3) is 0 Å². The summed E-state index contributed by atoms with van der Waals surface area (Å²) in [6.07, 6.45) is 0. The van der Waals surface area contributed by atoms with E-state index in [9.17, 15) is 4.79 Å². The van der Waals surface area contributed by atoms with Gasteiger partial charge in [-0.1, -0.05) is 41.6 Å². The summed E-state index contributed by atoms with van der Waals surface area (Å²) in [5.74, 6) is 0.0231. The van der Waals surface area contributed by atoms with Gasteiger partial charge in [0, 0.05) is 5.02 Å². The summed E-state index contributed by atoms with van der Waals surface area (Å²) < 4.78 is 0.595. The first kappa shape index (κ1) is 11.9. The van der Waals surface area contributed by atoms with Crippen molar-refractivity contribution in [3.8, 4) is 0 Å². The number of carbonyl (C=O) groups excluding carboxylic acids is 1. The highest BCUT2D eigenvalue weighted by atomic mass is 35.5. The minimum atomic E-state index is -0.104. The topological polar surface area (TPSA) is 20.3 Å². The fraction of sp³-hybridized carbons (Fsp3) is 0.273. The smallest absolute Gasteiger partial charge is 0.245 e. The Morgan fingerprint density at radius 3 is 2.69 bits per heavy atom. The Labute approximate surface area is 109 Å². The Morgan fingerprint density at radius 1 is 1.50 bits per heavy atom. The van der Waals surface area contributed by atoms with E-state index >= 15 is 0 Å². The van der Waals surface area contributed by atoms with Gasteiger partial charge in [-0.25, -0.2) is 0 Å². The summed E-state index contributed by atoms with van der Waals surface area (Å²) in [6, 6.07) is 5.53. The van der Waals surface area contributed by atoms with Crippen LogP contribution in [0.5, 0.6) is 0 Å². The van der Waals surface area contributed by atoms with Gasteiger partial charge < -0.3 is 0 Å². The highest BCUT2D eigenvalue weighted by Gasteiger charge is 2.34. The summed E-state index contributed by atoms with van der Waals surface area (Å²) >= 11 is 12.6. The Bertz CT molecular complexity index is 475. The van der Waals surface area contributed by atoms with E-state index in [0.29, 0.717) is 9.34 Å². The van der Waals surface area contributed by atoms with Crippen molar-refractivity contribution < 1.29 is 4.79 Å². The number of rotatable bonds is 1. The molecule has 1 amide bonds. The van der Waals surface area contributed by atoms with E-state index in [-0.39, 0.29) is 11.2 Å². The first-order valence-corrected chi connectivity index (χ1v) is 6.48. The largest absolute Gasteiger partial charge is 0.273 e. The lowest BCUT2D eigenvalue weighted by Gasteiger charge is -2.16. The van der Waals surface area contributed by atoms with Gasteiger partial charge in [0.1, 0.15) is 4.32 Å². The molecule has 0 N–H and O–H groups in total. The van der Waals surface area contributed by atoms with Crippen LogP contribution in [-0.4, -0.2) is 15.5 Å². The summed E-state index contributed by atoms with van der Waals surface area (Å²) in [5.41, 5.74) is 1.74. The van der Waals surface area contributed by atoms with Crippen LogP contribution in [0.1, 0.15) is 12.5 Å². The molecule has 1 saturated heterocycles. The van der Waals surface area contributed by atoms with E-state index in [1.54, 1.807) is 11.0 Å². The van der Waals surface area contributed by atoms with Crippen LogP contribution >= 0.6 is 35.6 Å². The van der Waals surface area contributed by atoms with Crippen LogP contribution in [0.4, 0.5) is 5.69 Å².